The van der Waals surface area contributed by atoms with Crippen molar-refractivity contribution < 1.29 is 17.6 Å². The van der Waals surface area contributed by atoms with Crippen LogP contribution in [0.1, 0.15) is 24.0 Å². The number of hydrogen-bond donors (Lipinski definition) is 0. The van der Waals surface area contributed by atoms with Crippen LogP contribution in [0.25, 0.3) is 10.8 Å². The molecule has 1 nitrogen and oxygen atoms in total. The van der Waals surface area contributed by atoms with Gasteiger partial charge in [-0.25, -0.2) is 4.39 Å². The van der Waals surface area contributed by atoms with E-state index in [1.54, 1.807) is 12.1 Å². The Labute approximate surface area is 120 Å². The molecule has 5 heteroatoms. The summed E-state index contributed by atoms with van der Waals surface area (Å²) in [7, 11) is 0. The summed E-state index contributed by atoms with van der Waals surface area (Å²) in [6.07, 6.45) is -4.37. The van der Waals surface area contributed by atoms with Gasteiger partial charge in [-0.05, 0) is 28.5 Å². The van der Waals surface area contributed by atoms with Gasteiger partial charge in [-0.3, -0.25) is 0 Å². The third-order valence-electron chi connectivity index (χ3n) is 4.07. The summed E-state index contributed by atoms with van der Waals surface area (Å²) < 4.78 is 51.9. The summed E-state index contributed by atoms with van der Waals surface area (Å²) in [5.41, 5.74) is 1.14. The molecule has 21 heavy (non-hydrogen) atoms. The summed E-state index contributed by atoms with van der Waals surface area (Å²) >= 11 is 0. The summed E-state index contributed by atoms with van der Waals surface area (Å²) in [5.74, 6) is 0.0960. The Kier molecular flexibility index (Phi) is 3.30. The maximum atomic E-state index is 13.1. The van der Waals surface area contributed by atoms with E-state index in [4.69, 9.17) is 0 Å². The summed E-state index contributed by atoms with van der Waals surface area (Å²) in [5, 5.41) is 0.842. The SMILES string of the molecule is CC1CN(CCF)c2ccc3c(C(F)(F)F)cccc3c21. The third kappa shape index (κ3) is 2.24. The molecule has 0 spiro atoms. The first-order valence-corrected chi connectivity index (χ1v) is 6.87. The normalized spacial score (nSPS) is 18.3. The van der Waals surface area contributed by atoms with Crippen molar-refractivity contribution in [3.63, 3.8) is 0 Å². The number of nitrogens with zero attached hydrogens (tertiary/aromatic N) is 1. The van der Waals surface area contributed by atoms with Crippen molar-refractivity contribution in [3.05, 3.63) is 41.5 Å². The predicted octanol–water partition coefficient (Wildman–Crippen LogP) is 4.75. The van der Waals surface area contributed by atoms with Gasteiger partial charge in [-0.15, -0.1) is 0 Å². The van der Waals surface area contributed by atoms with Gasteiger partial charge in [0.15, 0.2) is 0 Å². The second-order valence-electron chi connectivity index (χ2n) is 5.43. The highest BCUT2D eigenvalue weighted by molar-refractivity contribution is 5.94. The van der Waals surface area contributed by atoms with Crippen LogP contribution in [0, 0.1) is 0 Å². The molecule has 0 radical (unpaired) electrons. The molecule has 0 aromatic heterocycles. The molecule has 1 unspecified atom stereocenters. The van der Waals surface area contributed by atoms with Gasteiger partial charge in [-0.1, -0.05) is 25.1 Å². The highest BCUT2D eigenvalue weighted by atomic mass is 19.4. The van der Waals surface area contributed by atoms with Crippen LogP contribution >= 0.6 is 0 Å². The lowest BCUT2D eigenvalue weighted by atomic mass is 9.94. The molecule has 1 aliphatic rings. The summed E-state index contributed by atoms with van der Waals surface area (Å²) in [4.78, 5) is 1.90. The van der Waals surface area contributed by atoms with Crippen molar-refractivity contribution in [1.29, 1.82) is 0 Å². The zero-order valence-electron chi connectivity index (χ0n) is 11.5. The lowest BCUT2D eigenvalue weighted by Crippen LogP contribution is -2.23. The minimum atomic E-state index is -4.37. The van der Waals surface area contributed by atoms with Crippen molar-refractivity contribution in [2.24, 2.45) is 0 Å². The maximum absolute atomic E-state index is 13.1. The van der Waals surface area contributed by atoms with Crippen LogP contribution in [0.5, 0.6) is 0 Å². The third-order valence-corrected chi connectivity index (χ3v) is 4.07. The fraction of sp³-hybridized carbons (Fsp3) is 0.375. The van der Waals surface area contributed by atoms with E-state index < -0.39 is 18.4 Å². The second kappa shape index (κ2) is 4.90. The highest BCUT2D eigenvalue weighted by Gasteiger charge is 2.34. The van der Waals surface area contributed by atoms with E-state index >= 15 is 0 Å². The monoisotopic (exact) mass is 297 g/mol. The average molecular weight is 297 g/mol. The molecule has 2 aromatic carbocycles. The lowest BCUT2D eigenvalue weighted by Gasteiger charge is -2.18. The highest BCUT2D eigenvalue weighted by Crippen LogP contribution is 2.43. The minimum Gasteiger partial charge on any atom is -0.368 e. The van der Waals surface area contributed by atoms with E-state index in [1.807, 2.05) is 11.8 Å². The Hall–Kier alpha value is -1.78. The second-order valence-corrected chi connectivity index (χ2v) is 5.43. The van der Waals surface area contributed by atoms with E-state index in [-0.39, 0.29) is 17.8 Å². The van der Waals surface area contributed by atoms with Crippen molar-refractivity contribution in [3.8, 4) is 0 Å². The Morgan fingerprint density at radius 2 is 1.90 bits per heavy atom. The molecule has 0 aliphatic carbocycles. The van der Waals surface area contributed by atoms with Crippen molar-refractivity contribution in [2.75, 3.05) is 24.7 Å². The molecule has 1 aliphatic heterocycles. The van der Waals surface area contributed by atoms with E-state index in [0.29, 0.717) is 11.9 Å². The van der Waals surface area contributed by atoms with Crippen LogP contribution in [0.2, 0.25) is 0 Å². The molecule has 0 amide bonds. The molecular formula is C16H15F4N. The summed E-state index contributed by atoms with van der Waals surface area (Å²) in [6.45, 7) is 2.43. The predicted molar refractivity (Wildman–Crippen MR) is 75.6 cm³/mol. The molecule has 3 rings (SSSR count). The van der Waals surface area contributed by atoms with Crippen LogP contribution in [-0.4, -0.2) is 19.8 Å². The number of benzene rings is 2. The molecule has 2 aromatic rings. The van der Waals surface area contributed by atoms with Crippen molar-refractivity contribution >= 4 is 16.5 Å². The van der Waals surface area contributed by atoms with Crippen LogP contribution in [0.3, 0.4) is 0 Å². The number of halogens is 4. The smallest absolute Gasteiger partial charge is 0.368 e. The fourth-order valence-electron chi connectivity index (χ4n) is 3.24. The van der Waals surface area contributed by atoms with Crippen LogP contribution < -0.4 is 4.90 Å². The molecular weight excluding hydrogens is 282 g/mol. The standard InChI is InChI=1S/C16H15F4N/c1-10-9-21(8-7-17)14-6-5-11-12(15(10)14)3-2-4-13(11)16(18,19)20/h2-6,10H,7-9H2,1H3. The molecule has 1 heterocycles. The van der Waals surface area contributed by atoms with Gasteiger partial charge in [0, 0.05) is 24.7 Å². The quantitative estimate of drug-likeness (QED) is 0.723. The van der Waals surface area contributed by atoms with Crippen molar-refractivity contribution in [1.82, 2.24) is 0 Å². The molecule has 0 saturated carbocycles. The number of rotatable bonds is 2. The first kappa shape index (κ1) is 14.2. The zero-order chi connectivity index (χ0) is 15.2. The Balaban J connectivity index is 2.24. The van der Waals surface area contributed by atoms with E-state index in [1.165, 1.54) is 12.1 Å². The molecule has 0 N–H and O–H groups in total. The number of hydrogen-bond acceptors (Lipinski definition) is 1. The van der Waals surface area contributed by atoms with Gasteiger partial charge < -0.3 is 4.90 Å². The molecule has 0 fully saturated rings. The van der Waals surface area contributed by atoms with E-state index in [0.717, 1.165) is 17.3 Å². The van der Waals surface area contributed by atoms with Crippen LogP contribution in [0.15, 0.2) is 30.3 Å². The fourth-order valence-corrected chi connectivity index (χ4v) is 3.24. The van der Waals surface area contributed by atoms with Gasteiger partial charge in [0.2, 0.25) is 0 Å². The Morgan fingerprint density at radius 1 is 1.14 bits per heavy atom. The van der Waals surface area contributed by atoms with Gasteiger partial charge in [0.1, 0.15) is 6.67 Å². The Bertz CT molecular complexity index is 678. The largest absolute Gasteiger partial charge is 0.417 e. The number of anilines is 1. The topological polar surface area (TPSA) is 3.24 Å². The van der Waals surface area contributed by atoms with E-state index in [2.05, 4.69) is 0 Å². The summed E-state index contributed by atoms with van der Waals surface area (Å²) in [6, 6.07) is 7.45. The van der Waals surface area contributed by atoms with Crippen LogP contribution in [0.4, 0.5) is 23.2 Å². The van der Waals surface area contributed by atoms with Gasteiger partial charge >= 0.3 is 6.18 Å². The first-order chi connectivity index (χ1) is 9.93. The molecule has 0 bridgehead atoms. The molecule has 112 valence electrons. The van der Waals surface area contributed by atoms with Gasteiger partial charge in [0.25, 0.3) is 0 Å². The van der Waals surface area contributed by atoms with Crippen molar-refractivity contribution in [2.45, 2.75) is 19.0 Å². The zero-order valence-corrected chi connectivity index (χ0v) is 11.5. The van der Waals surface area contributed by atoms with Gasteiger partial charge in [-0.2, -0.15) is 13.2 Å². The maximum Gasteiger partial charge on any atom is 0.417 e. The Morgan fingerprint density at radius 3 is 2.57 bits per heavy atom. The van der Waals surface area contributed by atoms with Gasteiger partial charge in [0.05, 0.1) is 5.56 Å². The number of alkyl halides is 4. The molecule has 1 atom stereocenters. The van der Waals surface area contributed by atoms with E-state index in [9.17, 15) is 17.6 Å². The molecule has 0 saturated heterocycles. The first-order valence-electron chi connectivity index (χ1n) is 6.87. The average Bonchev–Trinajstić information content (AvgIpc) is 2.74. The van der Waals surface area contributed by atoms with Crippen LogP contribution in [-0.2, 0) is 6.18 Å². The number of fused-ring (bicyclic) bond motifs is 3. The minimum absolute atomic E-state index is 0.0960. The lowest BCUT2D eigenvalue weighted by molar-refractivity contribution is -0.136.